The highest BCUT2D eigenvalue weighted by Crippen LogP contribution is 2.32. The minimum Gasteiger partial charge on any atom is -0.481 e. The summed E-state index contributed by atoms with van der Waals surface area (Å²) >= 11 is 0. The lowest BCUT2D eigenvalue weighted by Crippen LogP contribution is -2.25. The van der Waals surface area contributed by atoms with Crippen molar-refractivity contribution in [3.05, 3.63) is 118 Å². The predicted molar refractivity (Wildman–Crippen MR) is 177 cm³/mol. The fourth-order valence-electron chi connectivity index (χ4n) is 5.03. The molecule has 1 atom stereocenters. The Morgan fingerprint density at radius 1 is 0.875 bits per heavy atom. The molecule has 0 aliphatic rings. The summed E-state index contributed by atoms with van der Waals surface area (Å²) in [6.07, 6.45) is -4.40. The van der Waals surface area contributed by atoms with Crippen molar-refractivity contribution in [3.63, 3.8) is 0 Å². The normalized spacial score (nSPS) is 11.6. The van der Waals surface area contributed by atoms with Crippen molar-refractivity contribution in [3.8, 4) is 16.9 Å². The van der Waals surface area contributed by atoms with Gasteiger partial charge in [-0.25, -0.2) is 4.39 Å². The Morgan fingerprint density at radius 3 is 2.02 bits per heavy atom. The quantitative estimate of drug-likeness (QED) is 0.103. The van der Waals surface area contributed by atoms with Crippen LogP contribution in [0.15, 0.2) is 78.9 Å². The molecule has 0 saturated carbocycles. The van der Waals surface area contributed by atoms with Crippen LogP contribution >= 0.6 is 0 Å². The van der Waals surface area contributed by atoms with Gasteiger partial charge in [0.15, 0.2) is 0 Å². The zero-order chi connectivity index (χ0) is 35.4. The SMILES string of the molecule is CCC.Cc1cc(C)c(-c2ccc(NOC(Cc3ccc(C(=O)NCCC(=O)O)cc3)c3ccc(OC(F)(F)F)cc3)c(F)c2)c(C)c1. The molecule has 0 radical (unpaired) electrons. The highest BCUT2D eigenvalue weighted by atomic mass is 19.4. The Kier molecular flexibility index (Phi) is 13.5. The molecule has 3 N–H and O–H groups in total. The third-order valence-corrected chi connectivity index (χ3v) is 6.99. The molecule has 4 aromatic rings. The summed E-state index contributed by atoms with van der Waals surface area (Å²) in [6, 6.07) is 20.4. The van der Waals surface area contributed by atoms with E-state index >= 15 is 4.39 Å². The molecule has 0 spiro atoms. The van der Waals surface area contributed by atoms with Gasteiger partial charge in [0.05, 0.1) is 12.1 Å². The van der Waals surface area contributed by atoms with E-state index in [1.165, 1.54) is 24.6 Å². The van der Waals surface area contributed by atoms with Crippen molar-refractivity contribution < 1.29 is 41.8 Å². The van der Waals surface area contributed by atoms with Crippen LogP contribution in [0.4, 0.5) is 23.2 Å². The fourth-order valence-corrected chi connectivity index (χ4v) is 5.03. The zero-order valence-corrected chi connectivity index (χ0v) is 27.5. The maximum Gasteiger partial charge on any atom is 0.573 e. The van der Waals surface area contributed by atoms with Crippen LogP contribution in [0.2, 0.25) is 0 Å². The zero-order valence-electron chi connectivity index (χ0n) is 27.5. The number of hydrogen-bond acceptors (Lipinski definition) is 5. The second-order valence-electron chi connectivity index (χ2n) is 11.3. The summed E-state index contributed by atoms with van der Waals surface area (Å²) in [7, 11) is 0. The van der Waals surface area contributed by atoms with Crippen LogP contribution in [-0.4, -0.2) is 29.9 Å². The van der Waals surface area contributed by atoms with E-state index in [0.717, 1.165) is 34.4 Å². The molecule has 256 valence electrons. The van der Waals surface area contributed by atoms with E-state index in [-0.39, 0.29) is 25.1 Å². The molecule has 0 fully saturated rings. The number of hydrogen-bond donors (Lipinski definition) is 3. The number of anilines is 1. The van der Waals surface area contributed by atoms with Crippen molar-refractivity contribution in [2.24, 2.45) is 0 Å². The minimum absolute atomic E-state index is 0.0205. The van der Waals surface area contributed by atoms with Crippen LogP contribution in [0, 0.1) is 26.6 Å². The van der Waals surface area contributed by atoms with E-state index < -0.39 is 35.9 Å². The number of carboxylic acids is 1. The van der Waals surface area contributed by atoms with Crippen LogP contribution in [-0.2, 0) is 16.1 Å². The highest BCUT2D eigenvalue weighted by molar-refractivity contribution is 5.94. The van der Waals surface area contributed by atoms with E-state index in [9.17, 15) is 22.8 Å². The van der Waals surface area contributed by atoms with E-state index in [1.54, 1.807) is 36.4 Å². The van der Waals surface area contributed by atoms with Crippen molar-refractivity contribution >= 4 is 17.6 Å². The Labute approximate surface area is 277 Å². The van der Waals surface area contributed by atoms with E-state index in [1.807, 2.05) is 32.9 Å². The molecule has 1 amide bonds. The molecule has 0 heterocycles. The standard InChI is InChI=1S/C34H32F4N2O5.C3H8/c1-20-16-21(2)32(22(3)17-20)26-10-13-29(28(35)19-26)40-45-30(24-8-11-27(12-9-24)44-34(36,37)38)18-23-4-6-25(7-5-23)33(43)39-15-14-31(41)42;1-3-2/h4-13,16-17,19,30,40H,14-15,18H2,1-3H3,(H,39,43)(H,41,42);3H2,1-2H3. The second kappa shape index (κ2) is 17.3. The first-order valence-electron chi connectivity index (χ1n) is 15.4. The number of carbonyl (C=O) groups is 2. The summed E-state index contributed by atoms with van der Waals surface area (Å²) in [5.74, 6) is -2.43. The van der Waals surface area contributed by atoms with Gasteiger partial charge in [-0.15, -0.1) is 13.2 Å². The molecule has 1 unspecified atom stereocenters. The van der Waals surface area contributed by atoms with Gasteiger partial charge in [0, 0.05) is 18.5 Å². The molecule has 0 aliphatic heterocycles. The van der Waals surface area contributed by atoms with Crippen molar-refractivity contribution in [1.29, 1.82) is 0 Å². The average molecular weight is 669 g/mol. The van der Waals surface area contributed by atoms with Crippen LogP contribution in [0.25, 0.3) is 11.1 Å². The number of nitrogens with one attached hydrogen (secondary N) is 2. The molecule has 4 aromatic carbocycles. The van der Waals surface area contributed by atoms with Crippen LogP contribution in [0.5, 0.6) is 5.75 Å². The Hall–Kier alpha value is -4.90. The average Bonchev–Trinajstić information content (AvgIpc) is 2.99. The minimum atomic E-state index is -4.85. The first kappa shape index (κ1) is 37.6. The Balaban J connectivity index is 0.00000201. The molecule has 0 aromatic heterocycles. The summed E-state index contributed by atoms with van der Waals surface area (Å²) in [5.41, 5.74) is 9.03. The first-order valence-corrected chi connectivity index (χ1v) is 15.4. The molecule has 0 aliphatic carbocycles. The number of aliphatic carboxylic acids is 1. The lowest BCUT2D eigenvalue weighted by Gasteiger charge is -2.20. The molecule has 4 rings (SSSR count). The summed E-state index contributed by atoms with van der Waals surface area (Å²) < 4.78 is 57.3. The summed E-state index contributed by atoms with van der Waals surface area (Å²) in [4.78, 5) is 28.9. The molecule has 11 heteroatoms. The number of benzene rings is 4. The van der Waals surface area contributed by atoms with Crippen LogP contribution < -0.4 is 15.5 Å². The molecular formula is C37H40F4N2O5. The van der Waals surface area contributed by atoms with Crippen LogP contribution in [0.3, 0.4) is 0 Å². The Morgan fingerprint density at radius 2 is 1.48 bits per heavy atom. The molecule has 0 saturated heterocycles. The van der Waals surface area contributed by atoms with Gasteiger partial charge in [-0.1, -0.05) is 68.3 Å². The third kappa shape index (κ3) is 11.4. The molecule has 0 bridgehead atoms. The smallest absolute Gasteiger partial charge is 0.481 e. The monoisotopic (exact) mass is 668 g/mol. The highest BCUT2D eigenvalue weighted by Gasteiger charge is 2.31. The third-order valence-electron chi connectivity index (χ3n) is 6.99. The summed E-state index contributed by atoms with van der Waals surface area (Å²) in [5, 5.41) is 11.3. The molecule has 48 heavy (non-hydrogen) atoms. The predicted octanol–water partition coefficient (Wildman–Crippen LogP) is 9.26. The van der Waals surface area contributed by atoms with Crippen molar-refractivity contribution in [2.75, 3.05) is 12.0 Å². The Bertz CT molecular complexity index is 1650. The maximum atomic E-state index is 15.3. The molecule has 7 nitrogen and oxygen atoms in total. The van der Waals surface area contributed by atoms with Gasteiger partial charge in [-0.2, -0.15) is 0 Å². The van der Waals surface area contributed by atoms with Gasteiger partial charge in [-0.05, 0) is 90.6 Å². The number of halogens is 4. The van der Waals surface area contributed by atoms with E-state index in [4.69, 9.17) is 9.94 Å². The number of ether oxygens (including phenoxy) is 1. The number of rotatable bonds is 12. The van der Waals surface area contributed by atoms with Gasteiger partial charge in [0.25, 0.3) is 5.91 Å². The topological polar surface area (TPSA) is 96.9 Å². The van der Waals surface area contributed by atoms with E-state index in [2.05, 4.69) is 29.4 Å². The number of amides is 1. The lowest BCUT2D eigenvalue weighted by molar-refractivity contribution is -0.274. The summed E-state index contributed by atoms with van der Waals surface area (Å²) in [6.45, 7) is 10.2. The van der Waals surface area contributed by atoms with Gasteiger partial charge < -0.3 is 15.2 Å². The number of carbonyl (C=O) groups excluding carboxylic acids is 1. The van der Waals surface area contributed by atoms with Crippen molar-refractivity contribution in [1.82, 2.24) is 5.32 Å². The van der Waals surface area contributed by atoms with Gasteiger partial charge in [-0.3, -0.25) is 19.9 Å². The van der Waals surface area contributed by atoms with Gasteiger partial charge >= 0.3 is 12.3 Å². The number of alkyl halides is 3. The van der Waals surface area contributed by atoms with Crippen LogP contribution in [0.1, 0.15) is 71.0 Å². The number of aryl methyl sites for hydroxylation is 3. The van der Waals surface area contributed by atoms with E-state index in [0.29, 0.717) is 22.3 Å². The fraction of sp³-hybridized carbons (Fsp3) is 0.297. The molecular weight excluding hydrogens is 628 g/mol. The van der Waals surface area contributed by atoms with Gasteiger partial charge in [0.2, 0.25) is 0 Å². The van der Waals surface area contributed by atoms with Gasteiger partial charge in [0.1, 0.15) is 17.7 Å². The number of carboxylic acid groups (broad SMARTS) is 1. The first-order chi connectivity index (χ1) is 22.7. The maximum absolute atomic E-state index is 15.3. The largest absolute Gasteiger partial charge is 0.573 e. The van der Waals surface area contributed by atoms with Crippen molar-refractivity contribution in [2.45, 2.75) is 66.3 Å². The second-order valence-corrected chi connectivity index (χ2v) is 11.3. The lowest BCUT2D eigenvalue weighted by atomic mass is 9.94.